The first-order valence-corrected chi connectivity index (χ1v) is 7.31. The molecule has 1 fully saturated rings. The predicted octanol–water partition coefficient (Wildman–Crippen LogP) is 1.55. The van der Waals surface area contributed by atoms with Gasteiger partial charge in [-0.3, -0.25) is 0 Å². The van der Waals surface area contributed by atoms with E-state index in [0.717, 1.165) is 18.3 Å². The monoisotopic (exact) mass is 267 g/mol. The van der Waals surface area contributed by atoms with E-state index in [1.165, 1.54) is 32.1 Å². The Morgan fingerprint density at radius 2 is 2.11 bits per heavy atom. The maximum Gasteiger partial charge on any atom is 0.165 e. The molecule has 1 aliphatic carbocycles. The Bertz CT molecular complexity index is 360. The number of methoxy groups -OCH3 is 1. The summed E-state index contributed by atoms with van der Waals surface area (Å²) >= 11 is 0. The highest BCUT2D eigenvalue weighted by Crippen LogP contribution is 2.33. The normalized spacial score (nSPS) is 23.7. The minimum absolute atomic E-state index is 0.483. The van der Waals surface area contributed by atoms with Gasteiger partial charge in [0.15, 0.2) is 5.82 Å². The number of tetrazole rings is 1. The van der Waals surface area contributed by atoms with Crippen LogP contribution >= 0.6 is 0 Å². The van der Waals surface area contributed by atoms with E-state index in [1.54, 1.807) is 7.11 Å². The molecule has 0 radical (unpaired) electrons. The number of nitrogens with one attached hydrogen (secondary N) is 1. The quantitative estimate of drug-likeness (QED) is 0.759. The second-order valence-corrected chi connectivity index (χ2v) is 5.29. The Balaban J connectivity index is 1.85. The maximum absolute atomic E-state index is 5.01. The number of hydrogen-bond donors (Lipinski definition) is 1. The molecule has 2 rings (SSSR count). The second-order valence-electron chi connectivity index (χ2n) is 5.29. The van der Waals surface area contributed by atoms with E-state index in [-0.39, 0.29) is 0 Å². The van der Waals surface area contributed by atoms with Crippen molar-refractivity contribution >= 4 is 0 Å². The summed E-state index contributed by atoms with van der Waals surface area (Å²) in [5, 5.41) is 15.4. The lowest BCUT2D eigenvalue weighted by Gasteiger charge is -2.28. The summed E-state index contributed by atoms with van der Waals surface area (Å²) in [5.74, 6) is 1.84. The Morgan fingerprint density at radius 1 is 1.32 bits per heavy atom. The first kappa shape index (κ1) is 14.4. The molecule has 0 bridgehead atoms. The second kappa shape index (κ2) is 7.55. The van der Waals surface area contributed by atoms with Gasteiger partial charge in [0.1, 0.15) is 0 Å². The zero-order valence-electron chi connectivity index (χ0n) is 12.0. The van der Waals surface area contributed by atoms with Gasteiger partial charge in [0.25, 0.3) is 0 Å². The molecule has 0 amide bonds. The Hall–Kier alpha value is -1.01. The van der Waals surface area contributed by atoms with Crippen LogP contribution in [0, 0.1) is 5.92 Å². The van der Waals surface area contributed by atoms with Crippen LogP contribution < -0.4 is 5.32 Å². The largest absolute Gasteiger partial charge is 0.383 e. The third kappa shape index (κ3) is 3.98. The molecule has 0 unspecified atom stereocenters. The van der Waals surface area contributed by atoms with Gasteiger partial charge < -0.3 is 10.1 Å². The van der Waals surface area contributed by atoms with Crippen molar-refractivity contribution in [1.82, 2.24) is 25.5 Å². The Labute approximate surface area is 114 Å². The topological polar surface area (TPSA) is 64.9 Å². The molecule has 1 aromatic rings. The van der Waals surface area contributed by atoms with Gasteiger partial charge in [-0.1, -0.05) is 13.3 Å². The van der Waals surface area contributed by atoms with Crippen LogP contribution in [0.15, 0.2) is 0 Å². The highest BCUT2D eigenvalue weighted by Gasteiger charge is 2.24. The molecule has 0 spiro atoms. The molecular formula is C13H25N5O. The van der Waals surface area contributed by atoms with Crippen molar-refractivity contribution in [3.05, 3.63) is 5.82 Å². The fourth-order valence-corrected chi connectivity index (χ4v) is 2.78. The number of ether oxygens (including phenoxy) is 1. The Morgan fingerprint density at radius 3 is 2.79 bits per heavy atom. The molecule has 1 saturated carbocycles. The van der Waals surface area contributed by atoms with Crippen molar-refractivity contribution < 1.29 is 4.74 Å². The molecule has 0 saturated heterocycles. The van der Waals surface area contributed by atoms with Gasteiger partial charge in [-0.2, -0.15) is 0 Å². The SMILES string of the molecule is CCC1CCC(n2nnnc2CNCCOC)CC1. The van der Waals surface area contributed by atoms with Crippen molar-refractivity contribution in [3.8, 4) is 0 Å². The van der Waals surface area contributed by atoms with Crippen LogP contribution in [0.25, 0.3) is 0 Å². The molecule has 1 aliphatic rings. The van der Waals surface area contributed by atoms with Crippen LogP contribution in [0.3, 0.4) is 0 Å². The van der Waals surface area contributed by atoms with Crippen LogP contribution in [-0.4, -0.2) is 40.5 Å². The van der Waals surface area contributed by atoms with Crippen LogP contribution in [0.5, 0.6) is 0 Å². The van der Waals surface area contributed by atoms with Crippen molar-refractivity contribution in [2.45, 2.75) is 51.6 Å². The van der Waals surface area contributed by atoms with E-state index in [9.17, 15) is 0 Å². The molecule has 1 heterocycles. The summed E-state index contributed by atoms with van der Waals surface area (Å²) in [6.45, 7) is 4.53. The summed E-state index contributed by atoms with van der Waals surface area (Å²) < 4.78 is 7.03. The van der Waals surface area contributed by atoms with Crippen molar-refractivity contribution in [3.63, 3.8) is 0 Å². The van der Waals surface area contributed by atoms with Gasteiger partial charge >= 0.3 is 0 Å². The minimum atomic E-state index is 0.483. The molecule has 6 nitrogen and oxygen atoms in total. The van der Waals surface area contributed by atoms with E-state index in [1.807, 2.05) is 4.68 Å². The van der Waals surface area contributed by atoms with Gasteiger partial charge in [-0.05, 0) is 42.0 Å². The van der Waals surface area contributed by atoms with Crippen molar-refractivity contribution in [2.75, 3.05) is 20.3 Å². The minimum Gasteiger partial charge on any atom is -0.383 e. The van der Waals surface area contributed by atoms with E-state index < -0.39 is 0 Å². The summed E-state index contributed by atoms with van der Waals surface area (Å²) in [4.78, 5) is 0. The molecule has 1 aromatic heterocycles. The number of hydrogen-bond acceptors (Lipinski definition) is 5. The van der Waals surface area contributed by atoms with E-state index in [4.69, 9.17) is 4.74 Å². The molecule has 0 atom stereocenters. The number of nitrogens with zero attached hydrogens (tertiary/aromatic N) is 4. The standard InChI is InChI=1S/C13H25N5O/c1-3-11-4-6-12(7-5-11)18-13(15-16-17-18)10-14-8-9-19-2/h11-12,14H,3-10H2,1-2H3. The summed E-state index contributed by atoms with van der Waals surface area (Å²) in [6, 6.07) is 0.483. The van der Waals surface area contributed by atoms with Gasteiger partial charge in [0.05, 0.1) is 19.2 Å². The van der Waals surface area contributed by atoms with E-state index in [0.29, 0.717) is 19.2 Å². The Kier molecular flexibility index (Phi) is 5.72. The highest BCUT2D eigenvalue weighted by atomic mass is 16.5. The molecule has 0 aromatic carbocycles. The molecule has 108 valence electrons. The zero-order valence-corrected chi connectivity index (χ0v) is 12.0. The van der Waals surface area contributed by atoms with Gasteiger partial charge in [0, 0.05) is 13.7 Å². The number of rotatable bonds is 7. The fraction of sp³-hybridized carbons (Fsp3) is 0.923. The highest BCUT2D eigenvalue weighted by molar-refractivity contribution is 4.86. The third-order valence-electron chi connectivity index (χ3n) is 4.07. The van der Waals surface area contributed by atoms with Gasteiger partial charge in [-0.15, -0.1) is 5.10 Å². The average Bonchev–Trinajstić information content (AvgIpc) is 2.92. The summed E-state index contributed by atoms with van der Waals surface area (Å²) in [5.41, 5.74) is 0. The van der Waals surface area contributed by atoms with Gasteiger partial charge in [0.2, 0.25) is 0 Å². The number of aromatic nitrogens is 4. The van der Waals surface area contributed by atoms with Crippen LogP contribution in [0.2, 0.25) is 0 Å². The van der Waals surface area contributed by atoms with Gasteiger partial charge in [-0.25, -0.2) is 4.68 Å². The lowest BCUT2D eigenvalue weighted by Crippen LogP contribution is -2.25. The van der Waals surface area contributed by atoms with Crippen LogP contribution in [-0.2, 0) is 11.3 Å². The van der Waals surface area contributed by atoms with Crippen molar-refractivity contribution in [1.29, 1.82) is 0 Å². The summed E-state index contributed by atoms with van der Waals surface area (Å²) in [7, 11) is 1.71. The molecule has 0 aliphatic heterocycles. The smallest absolute Gasteiger partial charge is 0.165 e. The molecule has 1 N–H and O–H groups in total. The first-order valence-electron chi connectivity index (χ1n) is 7.31. The van der Waals surface area contributed by atoms with E-state index in [2.05, 4.69) is 27.8 Å². The molecular weight excluding hydrogens is 242 g/mol. The molecule has 6 heteroatoms. The zero-order chi connectivity index (χ0) is 13.5. The lowest BCUT2D eigenvalue weighted by atomic mass is 9.84. The first-order chi connectivity index (χ1) is 9.35. The fourth-order valence-electron chi connectivity index (χ4n) is 2.78. The predicted molar refractivity (Wildman–Crippen MR) is 72.7 cm³/mol. The van der Waals surface area contributed by atoms with Crippen molar-refractivity contribution in [2.24, 2.45) is 5.92 Å². The lowest BCUT2D eigenvalue weighted by molar-refractivity contribution is 0.198. The maximum atomic E-state index is 5.01. The third-order valence-corrected chi connectivity index (χ3v) is 4.07. The van der Waals surface area contributed by atoms with E-state index >= 15 is 0 Å². The van der Waals surface area contributed by atoms with Crippen LogP contribution in [0.1, 0.15) is 50.9 Å². The average molecular weight is 267 g/mol. The molecule has 19 heavy (non-hydrogen) atoms. The van der Waals surface area contributed by atoms with Crippen LogP contribution in [0.4, 0.5) is 0 Å². The summed E-state index contributed by atoms with van der Waals surface area (Å²) in [6.07, 6.45) is 6.31.